The minimum atomic E-state index is -1.57. The maximum atomic E-state index is 13.6. The van der Waals surface area contributed by atoms with Crippen molar-refractivity contribution in [2.24, 2.45) is 29.6 Å². The summed E-state index contributed by atoms with van der Waals surface area (Å²) >= 11 is 0. The second-order valence-corrected chi connectivity index (χ2v) is 12.7. The molecule has 0 saturated carbocycles. The van der Waals surface area contributed by atoms with Crippen molar-refractivity contribution >= 4 is 29.8 Å². The van der Waals surface area contributed by atoms with Gasteiger partial charge < -0.3 is 44.1 Å². The van der Waals surface area contributed by atoms with Crippen LogP contribution in [0.1, 0.15) is 101 Å². The number of ether oxygens (including phenoxy) is 5. The maximum Gasteiger partial charge on any atom is 0.348 e. The van der Waals surface area contributed by atoms with E-state index in [0.717, 1.165) is 0 Å². The fourth-order valence-corrected chi connectivity index (χ4v) is 4.15. The van der Waals surface area contributed by atoms with Crippen LogP contribution in [-0.2, 0) is 47.7 Å². The summed E-state index contributed by atoms with van der Waals surface area (Å²) in [6, 6.07) is 0. The van der Waals surface area contributed by atoms with Crippen LogP contribution in [0.5, 0.6) is 0 Å². The van der Waals surface area contributed by atoms with Crippen LogP contribution in [0.2, 0.25) is 0 Å². The van der Waals surface area contributed by atoms with Gasteiger partial charge in [-0.05, 0) is 31.6 Å². The highest BCUT2D eigenvalue weighted by Crippen LogP contribution is 2.24. The smallest absolute Gasteiger partial charge is 0.348 e. The van der Waals surface area contributed by atoms with Crippen LogP contribution in [0.4, 0.5) is 0 Å². The number of hydrogen-bond acceptors (Lipinski definition) is 14. The van der Waals surface area contributed by atoms with Crippen molar-refractivity contribution in [3.8, 4) is 0 Å². The molecule has 0 spiro atoms. The monoisotopic (exact) mass is 692 g/mol. The molecule has 0 aliphatic carbocycles. The van der Waals surface area contributed by atoms with Gasteiger partial charge in [0.25, 0.3) is 0 Å². The summed E-state index contributed by atoms with van der Waals surface area (Å²) in [5.41, 5.74) is 0. The molecule has 0 fully saturated rings. The molecule has 0 aromatic heterocycles. The van der Waals surface area contributed by atoms with E-state index in [2.05, 4.69) is 0 Å². The molecule has 4 N–H and O–H groups in total. The number of hydrogen-bond donors (Lipinski definition) is 4. The lowest BCUT2D eigenvalue weighted by Gasteiger charge is -2.30. The summed E-state index contributed by atoms with van der Waals surface area (Å²) in [6.07, 6.45) is -8.46. The first-order chi connectivity index (χ1) is 22.4. The van der Waals surface area contributed by atoms with Gasteiger partial charge >= 0.3 is 29.8 Å². The van der Waals surface area contributed by atoms with E-state index in [9.17, 15) is 39.3 Å². The molecule has 48 heavy (non-hydrogen) atoms. The molecule has 0 saturated heterocycles. The van der Waals surface area contributed by atoms with Crippen LogP contribution in [0.15, 0.2) is 0 Å². The van der Waals surface area contributed by atoms with Crippen LogP contribution >= 0.6 is 0 Å². The van der Waals surface area contributed by atoms with Gasteiger partial charge in [-0.15, -0.1) is 0 Å². The minimum absolute atomic E-state index is 0.356. The highest BCUT2D eigenvalue weighted by molar-refractivity contribution is 5.87. The number of aliphatic hydroxyl groups is 4. The van der Waals surface area contributed by atoms with Gasteiger partial charge in [-0.2, -0.15) is 0 Å². The average molecular weight is 693 g/mol. The first kappa shape index (κ1) is 45.2. The lowest BCUT2D eigenvalue weighted by Crippen LogP contribution is -2.46. The molecular formula is C34H60O14. The van der Waals surface area contributed by atoms with Gasteiger partial charge in [0, 0.05) is 23.7 Å². The third-order valence-electron chi connectivity index (χ3n) is 9.00. The van der Waals surface area contributed by atoms with Crippen molar-refractivity contribution in [2.45, 2.75) is 144 Å². The standard InChI is InChI=1S/C34H60O14/c1-11-18(6)25(38)30(39)45-27(20(8)13-3)32(41)47-29(22(10)15-5)34(43)48-28(21(9)14-4)33(42)46-26(19(7)12-2)31(40)44-17-24(37)23(36)16-35/h18-29,35-38H,11-17H2,1-10H3. The summed E-state index contributed by atoms with van der Waals surface area (Å²) < 4.78 is 27.2. The molecule has 0 rings (SSSR count). The zero-order chi connectivity index (χ0) is 37.3. The maximum absolute atomic E-state index is 13.6. The van der Waals surface area contributed by atoms with E-state index in [1.807, 2.05) is 0 Å². The molecule has 0 radical (unpaired) electrons. The Morgan fingerprint density at radius 3 is 1.04 bits per heavy atom. The number of esters is 5. The summed E-state index contributed by atoms with van der Waals surface area (Å²) in [5, 5.41) is 38.7. The minimum Gasteiger partial charge on any atom is -0.460 e. The zero-order valence-corrected chi connectivity index (χ0v) is 30.2. The van der Waals surface area contributed by atoms with Crippen molar-refractivity contribution in [3.63, 3.8) is 0 Å². The Balaban J connectivity index is 6.14. The fourth-order valence-electron chi connectivity index (χ4n) is 4.15. The largest absolute Gasteiger partial charge is 0.460 e. The van der Waals surface area contributed by atoms with E-state index in [1.165, 1.54) is 0 Å². The fraction of sp³-hybridized carbons (Fsp3) is 0.853. The molecule has 0 bridgehead atoms. The molecule has 0 aliphatic rings. The lowest BCUT2D eigenvalue weighted by atomic mass is 9.98. The van der Waals surface area contributed by atoms with E-state index < -0.39 is 115 Å². The second-order valence-electron chi connectivity index (χ2n) is 12.7. The number of rotatable bonds is 23. The molecular weight excluding hydrogens is 632 g/mol. The van der Waals surface area contributed by atoms with Crippen molar-refractivity contribution in [2.75, 3.05) is 13.2 Å². The molecule has 14 nitrogen and oxygen atoms in total. The zero-order valence-electron chi connectivity index (χ0n) is 30.2. The molecule has 0 aromatic carbocycles. The number of carbonyl (C=O) groups excluding carboxylic acids is 5. The summed E-state index contributed by atoms with van der Waals surface area (Å²) in [7, 11) is 0. The summed E-state index contributed by atoms with van der Waals surface area (Å²) in [5.74, 6) is -7.76. The van der Waals surface area contributed by atoms with Crippen LogP contribution in [-0.4, -0.2) is 106 Å². The van der Waals surface area contributed by atoms with E-state index in [-0.39, 0.29) is 0 Å². The molecule has 12 unspecified atom stereocenters. The molecule has 280 valence electrons. The van der Waals surface area contributed by atoms with Crippen molar-refractivity contribution < 1.29 is 68.1 Å². The average Bonchev–Trinajstić information content (AvgIpc) is 3.09. The van der Waals surface area contributed by atoms with Gasteiger partial charge in [0.15, 0.2) is 6.10 Å². The first-order valence-corrected chi connectivity index (χ1v) is 17.1. The highest BCUT2D eigenvalue weighted by atomic mass is 16.6. The van der Waals surface area contributed by atoms with Crippen molar-refractivity contribution in [1.29, 1.82) is 0 Å². The van der Waals surface area contributed by atoms with E-state index in [0.29, 0.717) is 32.1 Å². The topological polar surface area (TPSA) is 212 Å². The normalized spacial score (nSPS) is 19.0. The Morgan fingerprint density at radius 1 is 0.458 bits per heavy atom. The Hall–Kier alpha value is -2.81. The number of aliphatic hydroxyl groups excluding tert-OH is 4. The van der Waals surface area contributed by atoms with Crippen molar-refractivity contribution in [3.05, 3.63) is 0 Å². The van der Waals surface area contributed by atoms with Crippen LogP contribution in [0, 0.1) is 29.6 Å². The Morgan fingerprint density at radius 2 is 0.750 bits per heavy atom. The predicted molar refractivity (Wildman–Crippen MR) is 173 cm³/mol. The summed E-state index contributed by atoms with van der Waals surface area (Å²) in [4.78, 5) is 66.0. The van der Waals surface area contributed by atoms with E-state index in [4.69, 9.17) is 28.8 Å². The molecule has 0 aromatic rings. The van der Waals surface area contributed by atoms with Gasteiger partial charge in [-0.3, -0.25) is 0 Å². The van der Waals surface area contributed by atoms with Crippen LogP contribution in [0.25, 0.3) is 0 Å². The van der Waals surface area contributed by atoms with Gasteiger partial charge in [0.1, 0.15) is 18.8 Å². The third kappa shape index (κ3) is 14.0. The SMILES string of the molecule is CCC(C)C(O)C(=O)OC(C(=O)OC(C(=O)OC(C(=O)OC(C(=O)OCC(O)C(O)CO)C(C)CC)C(C)CC)C(C)CC)C(C)CC. The highest BCUT2D eigenvalue weighted by Gasteiger charge is 2.41. The lowest BCUT2D eigenvalue weighted by molar-refractivity contribution is -0.196. The molecule has 12 atom stereocenters. The molecule has 0 aliphatic heterocycles. The Bertz CT molecular complexity index is 1000. The Labute approximate surface area is 284 Å². The van der Waals surface area contributed by atoms with Gasteiger partial charge in [-0.1, -0.05) is 75.7 Å². The first-order valence-electron chi connectivity index (χ1n) is 17.1. The molecule has 0 amide bonds. The van der Waals surface area contributed by atoms with Crippen LogP contribution in [0.3, 0.4) is 0 Å². The Kier molecular flexibility index (Phi) is 21.4. The molecule has 14 heteroatoms. The van der Waals surface area contributed by atoms with Crippen LogP contribution < -0.4 is 0 Å². The van der Waals surface area contributed by atoms with E-state index in [1.54, 1.807) is 69.2 Å². The quantitative estimate of drug-likeness (QED) is 0.0895. The molecule has 0 heterocycles. The van der Waals surface area contributed by atoms with Crippen molar-refractivity contribution in [1.82, 2.24) is 0 Å². The van der Waals surface area contributed by atoms with Gasteiger partial charge in [0.05, 0.1) is 6.61 Å². The number of carbonyl (C=O) groups is 5. The second kappa shape index (κ2) is 22.8. The third-order valence-corrected chi connectivity index (χ3v) is 9.00. The van der Waals surface area contributed by atoms with E-state index >= 15 is 0 Å². The van der Waals surface area contributed by atoms with Gasteiger partial charge in [-0.25, -0.2) is 24.0 Å². The predicted octanol–water partition coefficient (Wildman–Crippen LogP) is 2.48. The summed E-state index contributed by atoms with van der Waals surface area (Å²) in [6.45, 7) is 15.6. The van der Waals surface area contributed by atoms with Gasteiger partial charge in [0.2, 0.25) is 24.4 Å².